The first-order valence-corrected chi connectivity index (χ1v) is 14.9. The van der Waals surface area contributed by atoms with E-state index in [1.807, 2.05) is 28.9 Å². The number of ether oxygens (including phenoxy) is 2. The molecule has 4 heterocycles. The summed E-state index contributed by atoms with van der Waals surface area (Å²) in [6, 6.07) is 16.3. The molecular formula is C32H35F3N6O3. The van der Waals surface area contributed by atoms with Crippen molar-refractivity contribution in [2.45, 2.75) is 44.4 Å². The van der Waals surface area contributed by atoms with Crippen LogP contribution in [-0.4, -0.2) is 71.1 Å². The molecule has 2 N–H and O–H groups in total. The largest absolute Gasteiger partial charge is 0.497 e. The van der Waals surface area contributed by atoms with Crippen LogP contribution in [0.25, 0.3) is 11.0 Å². The molecule has 2 fully saturated rings. The van der Waals surface area contributed by atoms with Crippen LogP contribution in [-0.2, 0) is 6.54 Å². The average Bonchev–Trinajstić information content (AvgIpc) is 3.39. The minimum absolute atomic E-state index is 0.0469. The minimum atomic E-state index is -4.31. The number of alkyl halides is 3. The number of carbonyl (C=O) groups excluding carboxylic acids is 1. The Hall–Kier alpha value is -4.32. The van der Waals surface area contributed by atoms with E-state index >= 15 is 0 Å². The van der Waals surface area contributed by atoms with Crippen LogP contribution in [0.2, 0.25) is 0 Å². The van der Waals surface area contributed by atoms with Gasteiger partial charge in [0, 0.05) is 43.5 Å². The maximum Gasteiger partial charge on any atom is 0.393 e. The number of rotatable bonds is 8. The lowest BCUT2D eigenvalue weighted by Crippen LogP contribution is -2.44. The van der Waals surface area contributed by atoms with E-state index in [1.54, 1.807) is 43.6 Å². The number of hydrogen-bond acceptors (Lipinski definition) is 7. The highest BCUT2D eigenvalue weighted by Gasteiger charge is 2.42. The summed E-state index contributed by atoms with van der Waals surface area (Å²) in [7, 11) is 1.63. The molecule has 6 rings (SSSR count). The van der Waals surface area contributed by atoms with Crippen molar-refractivity contribution in [2.75, 3.05) is 38.6 Å². The van der Waals surface area contributed by atoms with Gasteiger partial charge in [-0.25, -0.2) is 9.67 Å². The molecule has 2 aliphatic rings. The second-order valence-corrected chi connectivity index (χ2v) is 11.3. The monoisotopic (exact) mass is 608 g/mol. The number of methoxy groups -OCH3 is 1. The lowest BCUT2D eigenvalue weighted by Gasteiger charge is -2.33. The molecule has 2 saturated heterocycles. The van der Waals surface area contributed by atoms with E-state index in [1.165, 1.54) is 4.90 Å². The van der Waals surface area contributed by atoms with Crippen LogP contribution in [0.5, 0.6) is 17.2 Å². The van der Waals surface area contributed by atoms with E-state index < -0.39 is 18.0 Å². The average molecular weight is 609 g/mol. The van der Waals surface area contributed by atoms with Gasteiger partial charge in [0.05, 0.1) is 19.6 Å². The summed E-state index contributed by atoms with van der Waals surface area (Å²) in [6.45, 7) is 2.29. The van der Waals surface area contributed by atoms with Crippen LogP contribution in [0.3, 0.4) is 0 Å². The lowest BCUT2D eigenvalue weighted by atomic mass is 9.97. The Balaban J connectivity index is 1.25. The third-order valence-electron chi connectivity index (χ3n) is 8.22. The smallest absolute Gasteiger partial charge is 0.393 e. The molecule has 2 aliphatic heterocycles. The Labute approximate surface area is 253 Å². The quantitative estimate of drug-likeness (QED) is 0.259. The first-order chi connectivity index (χ1) is 21.3. The van der Waals surface area contributed by atoms with Crippen molar-refractivity contribution in [1.82, 2.24) is 25.0 Å². The molecular weight excluding hydrogens is 573 g/mol. The number of piperidine rings is 2. The third-order valence-corrected chi connectivity index (χ3v) is 8.22. The Morgan fingerprint density at radius 3 is 2.52 bits per heavy atom. The van der Waals surface area contributed by atoms with Crippen LogP contribution in [0.4, 0.5) is 19.0 Å². The molecule has 0 saturated carbocycles. The molecule has 2 atom stereocenters. The molecule has 0 aliphatic carbocycles. The molecule has 0 radical (unpaired) electrons. The predicted molar refractivity (Wildman–Crippen MR) is 160 cm³/mol. The van der Waals surface area contributed by atoms with E-state index in [0.29, 0.717) is 48.0 Å². The maximum absolute atomic E-state index is 13.3. The number of amides is 1. The van der Waals surface area contributed by atoms with E-state index in [4.69, 9.17) is 14.6 Å². The van der Waals surface area contributed by atoms with Crippen molar-refractivity contribution in [3.05, 3.63) is 71.9 Å². The second kappa shape index (κ2) is 12.7. The van der Waals surface area contributed by atoms with Gasteiger partial charge in [-0.05, 0) is 74.2 Å². The van der Waals surface area contributed by atoms with Gasteiger partial charge in [0.2, 0.25) is 0 Å². The van der Waals surface area contributed by atoms with Gasteiger partial charge in [-0.3, -0.25) is 4.79 Å². The Morgan fingerprint density at radius 1 is 1.05 bits per heavy atom. The predicted octanol–water partition coefficient (Wildman–Crippen LogP) is 5.86. The van der Waals surface area contributed by atoms with Gasteiger partial charge in [-0.1, -0.05) is 12.1 Å². The zero-order valence-corrected chi connectivity index (χ0v) is 24.4. The zero-order chi connectivity index (χ0) is 30.7. The number of nitrogens with one attached hydrogen (secondary N) is 2. The van der Waals surface area contributed by atoms with Crippen LogP contribution >= 0.6 is 0 Å². The van der Waals surface area contributed by atoms with Gasteiger partial charge < -0.3 is 25.0 Å². The van der Waals surface area contributed by atoms with Crippen LogP contribution in [0, 0.1) is 5.92 Å². The summed E-state index contributed by atoms with van der Waals surface area (Å²) in [5.41, 5.74) is 2.00. The molecule has 9 nitrogen and oxygen atoms in total. The summed E-state index contributed by atoms with van der Waals surface area (Å²) in [4.78, 5) is 19.0. The number of nitrogens with zero attached hydrogens (tertiary/aromatic N) is 4. The molecule has 0 bridgehead atoms. The fourth-order valence-electron chi connectivity index (χ4n) is 5.84. The van der Waals surface area contributed by atoms with Crippen molar-refractivity contribution < 1.29 is 27.4 Å². The van der Waals surface area contributed by atoms with Gasteiger partial charge >= 0.3 is 6.18 Å². The number of benzene rings is 2. The first-order valence-electron chi connectivity index (χ1n) is 14.9. The number of pyridine rings is 1. The third kappa shape index (κ3) is 6.59. The summed E-state index contributed by atoms with van der Waals surface area (Å²) < 4.78 is 53.3. The maximum atomic E-state index is 13.3. The lowest BCUT2D eigenvalue weighted by molar-refractivity contribution is -0.184. The molecule has 44 heavy (non-hydrogen) atoms. The number of anilines is 1. The Morgan fingerprint density at radius 2 is 1.82 bits per heavy atom. The second-order valence-electron chi connectivity index (χ2n) is 11.3. The topological polar surface area (TPSA) is 93.5 Å². The molecule has 2 aromatic carbocycles. The van der Waals surface area contributed by atoms with Gasteiger partial charge in [0.25, 0.3) is 5.91 Å². The summed E-state index contributed by atoms with van der Waals surface area (Å²) in [5, 5.41) is 12.6. The van der Waals surface area contributed by atoms with Crippen LogP contribution in [0.15, 0.2) is 60.8 Å². The van der Waals surface area contributed by atoms with Crippen molar-refractivity contribution in [3.63, 3.8) is 0 Å². The number of fused-ring (bicyclic) bond motifs is 1. The van der Waals surface area contributed by atoms with Crippen molar-refractivity contribution in [1.29, 1.82) is 0 Å². The highest BCUT2D eigenvalue weighted by molar-refractivity contribution is 5.95. The zero-order valence-electron chi connectivity index (χ0n) is 24.4. The highest BCUT2D eigenvalue weighted by Crippen LogP contribution is 2.36. The number of carbonyl (C=O) groups is 1. The van der Waals surface area contributed by atoms with Crippen LogP contribution < -0.4 is 20.1 Å². The van der Waals surface area contributed by atoms with E-state index in [0.717, 1.165) is 42.6 Å². The molecule has 232 valence electrons. The molecule has 4 aromatic rings. The number of hydrogen-bond donors (Lipinski definition) is 2. The van der Waals surface area contributed by atoms with Crippen molar-refractivity contribution >= 4 is 22.8 Å². The molecule has 1 amide bonds. The fraction of sp³-hybridized carbons (Fsp3) is 0.406. The Kier molecular flexibility index (Phi) is 8.60. The van der Waals surface area contributed by atoms with Gasteiger partial charge in [-0.2, -0.15) is 18.3 Å². The molecule has 12 heteroatoms. The molecule has 2 aromatic heterocycles. The first kappa shape index (κ1) is 29.7. The van der Waals surface area contributed by atoms with E-state index in [2.05, 4.69) is 15.6 Å². The van der Waals surface area contributed by atoms with Gasteiger partial charge in [-0.15, -0.1) is 0 Å². The van der Waals surface area contributed by atoms with Crippen molar-refractivity contribution in [3.8, 4) is 17.2 Å². The standard InChI is InChI=1S/C32H35F3N6O3/c1-43-25-10-6-21(7-11-25)19-41-30-28(29(39-41)38-24-5-2-15-36-18-24)27(14-16-37-30)44-26-12-8-22(9-13-26)31(42)40-17-3-4-23(20-40)32(33,34)35/h6-14,16,23-24,36H,2-5,15,17-20H2,1H3,(H,38,39)/t23?,24-/m1/s1. The molecule has 0 spiro atoms. The SMILES string of the molecule is COc1ccc(Cn2nc(N[C@@H]3CCCNC3)c3c(Oc4ccc(C(=O)N5CCCC(C(F)(F)F)C5)cc4)ccnc32)cc1. The van der Waals surface area contributed by atoms with E-state index in [9.17, 15) is 18.0 Å². The summed E-state index contributed by atoms with van der Waals surface area (Å²) in [6.07, 6.45) is -0.202. The summed E-state index contributed by atoms with van der Waals surface area (Å²) >= 11 is 0. The minimum Gasteiger partial charge on any atom is -0.497 e. The number of likely N-dealkylation sites (tertiary alicyclic amines) is 1. The summed E-state index contributed by atoms with van der Waals surface area (Å²) in [5.74, 6) is 0.564. The molecule has 1 unspecified atom stereocenters. The highest BCUT2D eigenvalue weighted by atomic mass is 19.4. The fourth-order valence-corrected chi connectivity index (χ4v) is 5.84. The van der Waals surface area contributed by atoms with Crippen molar-refractivity contribution in [2.24, 2.45) is 5.92 Å². The number of aromatic nitrogens is 3. The van der Waals surface area contributed by atoms with Gasteiger partial charge in [0.1, 0.15) is 22.6 Å². The van der Waals surface area contributed by atoms with Gasteiger partial charge in [0.15, 0.2) is 11.5 Å². The van der Waals surface area contributed by atoms with E-state index in [-0.39, 0.29) is 19.0 Å². The normalized spacial score (nSPS) is 19.1. The van der Waals surface area contributed by atoms with Crippen LogP contribution in [0.1, 0.15) is 41.6 Å². The Bertz CT molecular complexity index is 1580. The number of halogens is 3.